The van der Waals surface area contributed by atoms with Crippen LogP contribution in [-0.2, 0) is 0 Å². The second kappa shape index (κ2) is 6.80. The monoisotopic (exact) mass is 345 g/mol. The first-order valence-corrected chi connectivity index (χ1v) is 9.15. The zero-order valence-corrected chi connectivity index (χ0v) is 15.3. The van der Waals surface area contributed by atoms with Crippen molar-refractivity contribution in [1.29, 1.82) is 0 Å². The molecule has 2 aliphatic rings. The van der Waals surface area contributed by atoms with Crippen LogP contribution in [0, 0.1) is 11.8 Å². The van der Waals surface area contributed by atoms with Gasteiger partial charge in [-0.15, -0.1) is 30.3 Å². The smallest absolute Gasteiger partial charge is 0.0417 e. The molecule has 1 aromatic carbocycles. The van der Waals surface area contributed by atoms with Crippen molar-refractivity contribution in [1.82, 2.24) is 4.90 Å². The summed E-state index contributed by atoms with van der Waals surface area (Å²) in [5, 5.41) is 3.63. The zero-order valence-electron chi connectivity index (χ0n) is 13.6. The summed E-state index contributed by atoms with van der Waals surface area (Å²) in [6, 6.07) is 9.07. The Bertz CT molecular complexity index is 745. The van der Waals surface area contributed by atoms with Crippen LogP contribution >= 0.6 is 23.7 Å². The van der Waals surface area contributed by atoms with Gasteiger partial charge >= 0.3 is 0 Å². The Morgan fingerprint density at radius 3 is 2.91 bits per heavy atom. The van der Waals surface area contributed by atoms with E-state index >= 15 is 0 Å². The van der Waals surface area contributed by atoms with E-state index in [2.05, 4.69) is 48.2 Å². The maximum absolute atomic E-state index is 3.88. The molecule has 0 aliphatic heterocycles. The lowest BCUT2D eigenvalue weighted by Crippen LogP contribution is -2.23. The van der Waals surface area contributed by atoms with Gasteiger partial charge in [-0.3, -0.25) is 4.90 Å². The van der Waals surface area contributed by atoms with Crippen LogP contribution in [0.15, 0.2) is 47.9 Å². The minimum absolute atomic E-state index is 0. The summed E-state index contributed by atoms with van der Waals surface area (Å²) in [5.41, 5.74) is 4.91. The lowest BCUT2D eigenvalue weighted by molar-refractivity contribution is 0.386. The largest absolute Gasteiger partial charge is 0.299 e. The third-order valence-electron chi connectivity index (χ3n) is 5.33. The van der Waals surface area contributed by atoms with Gasteiger partial charge in [-0.2, -0.15) is 0 Å². The second-order valence-electron chi connectivity index (χ2n) is 6.78. The van der Waals surface area contributed by atoms with Crippen LogP contribution in [0.1, 0.15) is 24.8 Å². The molecular formula is C20H24ClNS. The molecule has 0 saturated heterocycles. The van der Waals surface area contributed by atoms with Crippen molar-refractivity contribution in [3.05, 3.63) is 53.4 Å². The number of fused-ring (bicyclic) bond motifs is 3. The van der Waals surface area contributed by atoms with Crippen LogP contribution in [0.5, 0.6) is 0 Å². The van der Waals surface area contributed by atoms with Crippen molar-refractivity contribution in [2.45, 2.75) is 19.3 Å². The van der Waals surface area contributed by atoms with Crippen molar-refractivity contribution < 1.29 is 0 Å². The van der Waals surface area contributed by atoms with E-state index in [1.807, 2.05) is 17.4 Å². The van der Waals surface area contributed by atoms with Crippen molar-refractivity contribution in [3.63, 3.8) is 0 Å². The van der Waals surface area contributed by atoms with Crippen LogP contribution in [0.3, 0.4) is 0 Å². The number of hydrogen-bond donors (Lipinski definition) is 0. The van der Waals surface area contributed by atoms with Gasteiger partial charge < -0.3 is 0 Å². The molecule has 0 radical (unpaired) electrons. The van der Waals surface area contributed by atoms with Crippen molar-refractivity contribution in [2.24, 2.45) is 11.8 Å². The summed E-state index contributed by atoms with van der Waals surface area (Å²) < 4.78 is 1.48. The Hall–Kier alpha value is -1.09. The third kappa shape index (κ3) is 2.88. The normalized spacial score (nSPS) is 22.9. The first-order chi connectivity index (χ1) is 10.8. The molecule has 1 saturated carbocycles. The standard InChI is InChI=1S/C20H23NS.ClH/c1-3-10-21(2)13-18-15-7-8-16(12-15)19(18)17-6-4-5-14-9-11-22-20(14)17;/h3-6,9,11,15-16H,1,7-8,10,12-13H2,2H3;1H. The highest BCUT2D eigenvalue weighted by Crippen LogP contribution is 2.53. The van der Waals surface area contributed by atoms with Gasteiger partial charge in [0.05, 0.1) is 0 Å². The second-order valence-corrected chi connectivity index (χ2v) is 7.69. The van der Waals surface area contributed by atoms with Crippen molar-refractivity contribution >= 4 is 39.4 Å². The number of benzene rings is 1. The molecule has 2 aliphatic carbocycles. The van der Waals surface area contributed by atoms with Crippen LogP contribution in [0.25, 0.3) is 15.7 Å². The van der Waals surface area contributed by atoms with E-state index in [0.717, 1.165) is 24.9 Å². The average Bonchev–Trinajstić information content (AvgIpc) is 3.22. The highest BCUT2D eigenvalue weighted by molar-refractivity contribution is 7.17. The number of halogens is 1. The van der Waals surface area contributed by atoms with Crippen molar-refractivity contribution in [2.75, 3.05) is 20.1 Å². The van der Waals surface area contributed by atoms with E-state index in [4.69, 9.17) is 0 Å². The lowest BCUT2D eigenvalue weighted by atomic mass is 9.86. The zero-order chi connectivity index (χ0) is 15.1. The highest BCUT2D eigenvalue weighted by Gasteiger charge is 2.39. The Kier molecular flexibility index (Phi) is 4.96. The van der Waals surface area contributed by atoms with Gasteiger partial charge in [-0.25, -0.2) is 0 Å². The van der Waals surface area contributed by atoms with Crippen LogP contribution < -0.4 is 0 Å². The number of nitrogens with zero attached hydrogens (tertiary/aromatic N) is 1. The predicted molar refractivity (Wildman–Crippen MR) is 105 cm³/mol. The molecule has 2 atom stereocenters. The topological polar surface area (TPSA) is 3.24 Å². The van der Waals surface area contributed by atoms with Gasteiger partial charge in [-0.1, -0.05) is 24.3 Å². The molecule has 2 bridgehead atoms. The quantitative estimate of drug-likeness (QED) is 0.635. The maximum atomic E-state index is 3.88. The Labute approximate surface area is 149 Å². The molecule has 1 fully saturated rings. The van der Waals surface area contributed by atoms with E-state index in [1.165, 1.54) is 34.9 Å². The third-order valence-corrected chi connectivity index (χ3v) is 6.29. The maximum Gasteiger partial charge on any atom is 0.0417 e. The number of thiophene rings is 1. The van der Waals surface area contributed by atoms with Crippen LogP contribution in [0.4, 0.5) is 0 Å². The molecule has 0 spiro atoms. The van der Waals surface area contributed by atoms with Gasteiger partial charge in [0.2, 0.25) is 0 Å². The molecule has 2 unspecified atom stereocenters. The highest BCUT2D eigenvalue weighted by atomic mass is 35.5. The summed E-state index contributed by atoms with van der Waals surface area (Å²) in [4.78, 5) is 2.40. The molecule has 3 heteroatoms. The summed E-state index contributed by atoms with van der Waals surface area (Å²) in [5.74, 6) is 1.62. The first kappa shape index (κ1) is 16.8. The Balaban J connectivity index is 0.00000156. The number of allylic oxidation sites excluding steroid dienone is 1. The van der Waals surface area contributed by atoms with Gasteiger partial charge in [0.25, 0.3) is 0 Å². The summed E-state index contributed by atoms with van der Waals surface area (Å²) in [7, 11) is 2.21. The van der Waals surface area contributed by atoms with Gasteiger partial charge in [0, 0.05) is 17.8 Å². The minimum Gasteiger partial charge on any atom is -0.299 e. The molecule has 1 nitrogen and oxygen atoms in total. The number of rotatable bonds is 5. The molecule has 1 heterocycles. The Morgan fingerprint density at radius 1 is 1.26 bits per heavy atom. The van der Waals surface area contributed by atoms with E-state index in [-0.39, 0.29) is 12.4 Å². The fourth-order valence-electron chi connectivity index (χ4n) is 4.43. The van der Waals surface area contributed by atoms with Gasteiger partial charge in [-0.05, 0) is 71.7 Å². The fourth-order valence-corrected chi connectivity index (χ4v) is 5.36. The molecule has 23 heavy (non-hydrogen) atoms. The molecular weight excluding hydrogens is 322 g/mol. The first-order valence-electron chi connectivity index (χ1n) is 8.27. The summed E-state index contributed by atoms with van der Waals surface area (Å²) >= 11 is 1.90. The van der Waals surface area contributed by atoms with E-state index in [0.29, 0.717) is 0 Å². The van der Waals surface area contributed by atoms with Crippen LogP contribution in [0.2, 0.25) is 0 Å². The molecule has 4 rings (SSSR count). The SMILES string of the molecule is C=CCN(C)CC1=C(c2cccc3ccsc23)C2CCC1C2.Cl. The number of likely N-dealkylation sites (N-methyl/N-ethyl adjacent to an activating group) is 1. The lowest BCUT2D eigenvalue weighted by Gasteiger charge is -2.24. The van der Waals surface area contributed by atoms with E-state index in [1.54, 1.807) is 11.1 Å². The molecule has 0 amide bonds. The number of hydrogen-bond acceptors (Lipinski definition) is 2. The molecule has 1 aromatic heterocycles. The molecule has 2 aromatic rings. The molecule has 122 valence electrons. The minimum atomic E-state index is 0. The molecule has 0 N–H and O–H groups in total. The fraction of sp³-hybridized carbons (Fsp3) is 0.400. The summed E-state index contributed by atoms with van der Waals surface area (Å²) in [6.45, 7) is 5.95. The van der Waals surface area contributed by atoms with E-state index < -0.39 is 0 Å². The van der Waals surface area contributed by atoms with E-state index in [9.17, 15) is 0 Å². The van der Waals surface area contributed by atoms with Crippen molar-refractivity contribution in [3.8, 4) is 0 Å². The van der Waals surface area contributed by atoms with Crippen LogP contribution in [-0.4, -0.2) is 25.0 Å². The van der Waals surface area contributed by atoms with Gasteiger partial charge in [0.1, 0.15) is 0 Å². The summed E-state index contributed by atoms with van der Waals surface area (Å²) in [6.07, 6.45) is 6.17. The average molecular weight is 346 g/mol. The Morgan fingerprint density at radius 2 is 2.09 bits per heavy atom. The van der Waals surface area contributed by atoms with Gasteiger partial charge in [0.15, 0.2) is 0 Å². The predicted octanol–water partition coefficient (Wildman–Crippen LogP) is 5.62.